The minimum Gasteiger partial charge on any atom is -0.496 e. The summed E-state index contributed by atoms with van der Waals surface area (Å²) >= 11 is 0. The average Bonchev–Trinajstić information content (AvgIpc) is 3.32. The lowest BCUT2D eigenvalue weighted by atomic mass is 10.1. The van der Waals surface area contributed by atoms with Gasteiger partial charge in [-0.2, -0.15) is 5.26 Å². The lowest BCUT2D eigenvalue weighted by Gasteiger charge is -2.19. The summed E-state index contributed by atoms with van der Waals surface area (Å²) in [6.07, 6.45) is 13.2. The number of hydrogen-bond acceptors (Lipinski definition) is 7. The first-order valence-corrected chi connectivity index (χ1v) is 15.0. The van der Waals surface area contributed by atoms with Gasteiger partial charge in [0, 0.05) is 48.5 Å². The van der Waals surface area contributed by atoms with Crippen LogP contribution in [0.1, 0.15) is 37.9 Å². The Bertz CT molecular complexity index is 1790. The van der Waals surface area contributed by atoms with E-state index in [1.807, 2.05) is 55.5 Å². The number of nitriles is 1. The Kier molecular flexibility index (Phi) is 13.6. The Morgan fingerprint density at radius 3 is 2.62 bits per heavy atom. The molecule has 4 aromatic rings. The number of hydrogen-bond donors (Lipinski definition) is 4. The monoisotopic (exact) mass is 637 g/mol. The molecule has 47 heavy (non-hydrogen) atoms. The average molecular weight is 638 g/mol. The third kappa shape index (κ3) is 10.8. The van der Waals surface area contributed by atoms with Crippen molar-refractivity contribution in [1.29, 1.82) is 5.26 Å². The van der Waals surface area contributed by atoms with E-state index >= 15 is 0 Å². The Hall–Kier alpha value is -6.01. The number of guanidine groups is 1. The van der Waals surface area contributed by atoms with E-state index in [1.54, 1.807) is 30.3 Å². The number of ether oxygens (including phenoxy) is 1. The Balaban J connectivity index is 0.000000281. The fourth-order valence-corrected chi connectivity index (χ4v) is 4.95. The fourth-order valence-electron chi connectivity index (χ4n) is 4.95. The summed E-state index contributed by atoms with van der Waals surface area (Å²) in [5.74, 6) is 1.20. The second-order valence-corrected chi connectivity index (χ2v) is 10.5. The Morgan fingerprint density at radius 2 is 1.85 bits per heavy atom. The van der Waals surface area contributed by atoms with Crippen molar-refractivity contribution in [2.24, 2.45) is 10.7 Å². The molecule has 12 nitrogen and oxygen atoms in total. The summed E-state index contributed by atoms with van der Waals surface area (Å²) in [6, 6.07) is 18.8. The Morgan fingerprint density at radius 1 is 1.06 bits per heavy atom. The molecule has 0 saturated carbocycles. The maximum Gasteiger partial charge on any atom is 0.239 e. The van der Waals surface area contributed by atoms with Crippen molar-refractivity contribution in [3.63, 3.8) is 0 Å². The lowest BCUT2D eigenvalue weighted by Crippen LogP contribution is -2.41. The number of carbonyl (C=O) groups is 3. The van der Waals surface area contributed by atoms with E-state index < -0.39 is 0 Å². The number of amides is 3. The van der Waals surface area contributed by atoms with Gasteiger partial charge in [0.25, 0.3) is 0 Å². The first kappa shape index (κ1) is 35.5. The summed E-state index contributed by atoms with van der Waals surface area (Å²) in [4.78, 5) is 41.9. The van der Waals surface area contributed by atoms with Gasteiger partial charge < -0.3 is 30.4 Å². The van der Waals surface area contributed by atoms with Gasteiger partial charge in [0.05, 0.1) is 19.3 Å². The molecule has 3 amide bonds. The summed E-state index contributed by atoms with van der Waals surface area (Å²) in [7, 11) is 1.60. The highest BCUT2D eigenvalue weighted by atomic mass is 16.5. The molecule has 0 aliphatic carbocycles. The molecule has 0 radical (unpaired) electrons. The van der Waals surface area contributed by atoms with E-state index in [4.69, 9.17) is 20.1 Å². The number of terminal acetylenes is 1. The summed E-state index contributed by atoms with van der Waals surface area (Å²) in [6.45, 7) is 2.78. The van der Waals surface area contributed by atoms with Gasteiger partial charge in [-0.1, -0.05) is 30.7 Å². The second-order valence-electron chi connectivity index (χ2n) is 10.5. The number of anilines is 1. The van der Waals surface area contributed by atoms with Gasteiger partial charge in [-0.05, 0) is 55.5 Å². The van der Waals surface area contributed by atoms with E-state index in [-0.39, 0.29) is 43.2 Å². The number of benzene rings is 3. The molecule has 244 valence electrons. The molecule has 1 aromatic heterocycles. The molecular weight excluding hydrogens is 598 g/mol. The summed E-state index contributed by atoms with van der Waals surface area (Å²) < 4.78 is 10.8. The zero-order valence-corrected chi connectivity index (χ0v) is 26.5. The molecule has 1 saturated heterocycles. The largest absolute Gasteiger partial charge is 0.496 e. The number of aryl methyl sites for hydroxylation is 1. The number of nitrogens with one attached hydrogen (secondary N) is 3. The number of furan rings is 1. The molecule has 0 bridgehead atoms. The molecule has 12 heteroatoms. The van der Waals surface area contributed by atoms with Crippen molar-refractivity contribution >= 4 is 56.8 Å². The van der Waals surface area contributed by atoms with Crippen LogP contribution in [0.5, 0.6) is 5.75 Å². The number of methoxy groups -OCH3 is 1. The molecule has 0 unspecified atom stereocenters. The summed E-state index contributed by atoms with van der Waals surface area (Å²) in [5, 5.41) is 19.1. The van der Waals surface area contributed by atoms with E-state index in [1.165, 1.54) is 0 Å². The third-order valence-corrected chi connectivity index (χ3v) is 7.06. The van der Waals surface area contributed by atoms with Crippen LogP contribution in [0.2, 0.25) is 0 Å². The number of nitrogens with two attached hydrogens (primary N) is 1. The summed E-state index contributed by atoms with van der Waals surface area (Å²) in [5.41, 5.74) is 7.59. The molecular formula is C35H39N7O5. The van der Waals surface area contributed by atoms with E-state index in [0.717, 1.165) is 46.8 Å². The zero-order chi connectivity index (χ0) is 34.2. The van der Waals surface area contributed by atoms with Crippen molar-refractivity contribution < 1.29 is 23.5 Å². The van der Waals surface area contributed by atoms with Gasteiger partial charge in [0.2, 0.25) is 23.7 Å². The highest BCUT2D eigenvalue weighted by Crippen LogP contribution is 2.30. The molecule has 5 N–H and O–H groups in total. The molecule has 3 aromatic carbocycles. The minimum atomic E-state index is -0.236. The number of likely N-dealkylation sites (tertiary alicyclic amines) is 1. The van der Waals surface area contributed by atoms with Crippen molar-refractivity contribution in [3.05, 3.63) is 66.4 Å². The normalized spacial score (nSPS) is 12.8. The zero-order valence-electron chi connectivity index (χ0n) is 26.5. The van der Waals surface area contributed by atoms with Crippen LogP contribution in [0.3, 0.4) is 0 Å². The van der Waals surface area contributed by atoms with Crippen LogP contribution in [0.25, 0.3) is 21.7 Å². The molecule has 1 fully saturated rings. The van der Waals surface area contributed by atoms with Crippen LogP contribution < -0.4 is 26.4 Å². The van der Waals surface area contributed by atoms with Crippen LogP contribution in [0.15, 0.2) is 70.1 Å². The van der Waals surface area contributed by atoms with Gasteiger partial charge in [0.1, 0.15) is 17.1 Å². The minimum absolute atomic E-state index is 0.0284. The van der Waals surface area contributed by atoms with E-state index in [9.17, 15) is 14.4 Å². The number of aliphatic imine (C=N–C) groups is 1. The van der Waals surface area contributed by atoms with Crippen molar-refractivity contribution in [2.75, 3.05) is 32.1 Å². The SMILES string of the molecule is C#C.COc1cc(NC(=O)CCNC(=O)CN2CCCCCC2=O)cc2ccccc12.Cc1cc2cc(N=C(N)NC#N)ccc2o1. The molecule has 0 spiro atoms. The standard InChI is InChI=1S/C22H27N3O4.C11H10N4O.C2H2/c1-29-19-14-17(13-16-7-4-5-8-18(16)19)24-20(26)10-11-23-21(27)15-25-12-6-2-3-9-22(25)28;1-7-4-8-5-9(2-3-10(8)16-7)15-11(13)14-6-12;1-2/h4-5,7-8,13-14H,2-3,6,9-12,15H2,1H3,(H,23,27)(H,24,26);2-5H,1H3,(H3,13,14,15);1-2H. The smallest absolute Gasteiger partial charge is 0.239 e. The van der Waals surface area contributed by atoms with Crippen LogP contribution >= 0.6 is 0 Å². The Labute approximate surface area is 273 Å². The van der Waals surface area contributed by atoms with E-state index in [0.29, 0.717) is 30.1 Å². The van der Waals surface area contributed by atoms with Gasteiger partial charge in [-0.25, -0.2) is 4.99 Å². The molecule has 5 rings (SSSR count). The van der Waals surface area contributed by atoms with Crippen molar-refractivity contribution in [3.8, 4) is 24.8 Å². The number of nitrogens with zero attached hydrogens (tertiary/aromatic N) is 3. The van der Waals surface area contributed by atoms with Crippen LogP contribution in [0.4, 0.5) is 11.4 Å². The highest BCUT2D eigenvalue weighted by Gasteiger charge is 2.19. The van der Waals surface area contributed by atoms with Gasteiger partial charge in [-0.3, -0.25) is 19.7 Å². The fraction of sp³-hybridized carbons (Fsp3) is 0.286. The first-order valence-electron chi connectivity index (χ1n) is 15.0. The first-order chi connectivity index (χ1) is 22.7. The van der Waals surface area contributed by atoms with E-state index in [2.05, 4.69) is 33.8 Å². The predicted molar refractivity (Wildman–Crippen MR) is 183 cm³/mol. The molecule has 1 aliphatic heterocycles. The topological polar surface area (TPSA) is 175 Å². The molecule has 1 aliphatic rings. The van der Waals surface area contributed by atoms with Crippen LogP contribution in [-0.4, -0.2) is 55.3 Å². The second kappa shape index (κ2) is 18.1. The van der Waals surface area contributed by atoms with Crippen LogP contribution in [0, 0.1) is 31.2 Å². The molecule has 0 atom stereocenters. The van der Waals surface area contributed by atoms with Crippen molar-refractivity contribution in [1.82, 2.24) is 15.5 Å². The quantitative estimate of drug-likeness (QED) is 0.0707. The van der Waals surface area contributed by atoms with Crippen LogP contribution in [-0.2, 0) is 14.4 Å². The number of rotatable bonds is 8. The van der Waals surface area contributed by atoms with Crippen molar-refractivity contribution in [2.45, 2.75) is 39.0 Å². The predicted octanol–water partition coefficient (Wildman–Crippen LogP) is 4.70. The number of fused-ring (bicyclic) bond motifs is 2. The maximum atomic E-state index is 12.2. The van der Waals surface area contributed by atoms with Gasteiger partial charge in [-0.15, -0.1) is 12.8 Å². The lowest BCUT2D eigenvalue weighted by molar-refractivity contribution is -0.135. The molecule has 2 heterocycles. The van der Waals surface area contributed by atoms with Gasteiger partial charge in [0.15, 0.2) is 6.19 Å². The maximum absolute atomic E-state index is 12.2. The van der Waals surface area contributed by atoms with Gasteiger partial charge >= 0.3 is 0 Å². The third-order valence-electron chi connectivity index (χ3n) is 7.06. The number of carbonyl (C=O) groups excluding carboxylic acids is 3. The highest BCUT2D eigenvalue weighted by molar-refractivity contribution is 5.97.